The highest BCUT2D eigenvalue weighted by Crippen LogP contribution is 2.19. The number of anilines is 1. The standard InChI is InChI=1S/C17H15NO6/c19-15(20)14(16(21)22)12-6-8-13(9-7-12)18-17(23)24-10-11-4-2-1-3-5-11/h1-9,14H,10H2,(H,18,23)(H,19,20)(H,21,22). The second-order valence-corrected chi connectivity index (χ2v) is 4.92. The maximum atomic E-state index is 11.7. The van der Waals surface area contributed by atoms with Gasteiger partial charge in [-0.05, 0) is 23.3 Å². The van der Waals surface area contributed by atoms with Gasteiger partial charge in [0.2, 0.25) is 0 Å². The van der Waals surface area contributed by atoms with Gasteiger partial charge in [-0.1, -0.05) is 42.5 Å². The normalized spacial score (nSPS) is 10.2. The Morgan fingerprint density at radius 2 is 1.50 bits per heavy atom. The Morgan fingerprint density at radius 1 is 0.917 bits per heavy atom. The quantitative estimate of drug-likeness (QED) is 0.702. The number of amides is 1. The summed E-state index contributed by atoms with van der Waals surface area (Å²) in [4.78, 5) is 33.6. The van der Waals surface area contributed by atoms with Crippen LogP contribution in [0.4, 0.5) is 10.5 Å². The van der Waals surface area contributed by atoms with E-state index in [2.05, 4.69) is 5.32 Å². The second kappa shape index (κ2) is 7.77. The Balaban J connectivity index is 1.94. The summed E-state index contributed by atoms with van der Waals surface area (Å²) >= 11 is 0. The van der Waals surface area contributed by atoms with Gasteiger partial charge in [-0.15, -0.1) is 0 Å². The highest BCUT2D eigenvalue weighted by molar-refractivity contribution is 5.99. The van der Waals surface area contributed by atoms with Crippen molar-refractivity contribution in [2.45, 2.75) is 12.5 Å². The SMILES string of the molecule is O=C(Nc1ccc(C(C(=O)O)C(=O)O)cc1)OCc1ccccc1. The summed E-state index contributed by atoms with van der Waals surface area (Å²) in [5.74, 6) is -4.56. The van der Waals surface area contributed by atoms with Crippen LogP contribution < -0.4 is 5.32 Å². The summed E-state index contributed by atoms with van der Waals surface area (Å²) in [6.07, 6.45) is -0.667. The molecular formula is C17H15NO6. The van der Waals surface area contributed by atoms with Crippen molar-refractivity contribution in [3.05, 3.63) is 65.7 Å². The molecule has 2 aromatic carbocycles. The first-order valence-electron chi connectivity index (χ1n) is 7.00. The van der Waals surface area contributed by atoms with Crippen LogP contribution in [0.3, 0.4) is 0 Å². The van der Waals surface area contributed by atoms with Crippen LogP contribution >= 0.6 is 0 Å². The molecule has 0 saturated heterocycles. The lowest BCUT2D eigenvalue weighted by Gasteiger charge is -2.10. The van der Waals surface area contributed by atoms with Crippen molar-refractivity contribution in [1.82, 2.24) is 0 Å². The Bertz CT molecular complexity index is 713. The summed E-state index contributed by atoms with van der Waals surface area (Å²) in [5.41, 5.74) is 1.32. The lowest BCUT2D eigenvalue weighted by molar-refractivity contribution is -0.150. The van der Waals surface area contributed by atoms with E-state index in [1.54, 1.807) is 0 Å². The number of hydrogen-bond acceptors (Lipinski definition) is 4. The molecule has 7 heteroatoms. The van der Waals surface area contributed by atoms with Crippen molar-refractivity contribution in [3.63, 3.8) is 0 Å². The predicted octanol–water partition coefficient (Wildman–Crippen LogP) is 2.69. The molecule has 0 unspecified atom stereocenters. The Hall–Kier alpha value is -3.35. The van der Waals surface area contributed by atoms with E-state index in [1.165, 1.54) is 24.3 Å². The van der Waals surface area contributed by atoms with Gasteiger partial charge < -0.3 is 14.9 Å². The molecule has 0 aliphatic rings. The maximum absolute atomic E-state index is 11.7. The van der Waals surface area contributed by atoms with E-state index < -0.39 is 23.9 Å². The zero-order valence-corrected chi connectivity index (χ0v) is 12.5. The topological polar surface area (TPSA) is 113 Å². The minimum Gasteiger partial charge on any atom is -0.480 e. The number of ether oxygens (including phenoxy) is 1. The molecule has 0 aliphatic carbocycles. The number of carboxylic acids is 2. The van der Waals surface area contributed by atoms with Crippen LogP contribution in [0.1, 0.15) is 17.0 Å². The van der Waals surface area contributed by atoms with Crippen molar-refractivity contribution in [2.75, 3.05) is 5.32 Å². The molecule has 1 amide bonds. The number of nitrogens with one attached hydrogen (secondary N) is 1. The van der Waals surface area contributed by atoms with Crippen molar-refractivity contribution < 1.29 is 29.3 Å². The van der Waals surface area contributed by atoms with Crippen molar-refractivity contribution in [2.24, 2.45) is 0 Å². The molecule has 7 nitrogen and oxygen atoms in total. The summed E-state index contributed by atoms with van der Waals surface area (Å²) in [6, 6.07) is 14.6. The van der Waals surface area contributed by atoms with Crippen LogP contribution in [-0.2, 0) is 20.9 Å². The van der Waals surface area contributed by atoms with E-state index in [0.29, 0.717) is 5.69 Å². The number of carbonyl (C=O) groups is 3. The molecule has 0 atom stereocenters. The van der Waals surface area contributed by atoms with Gasteiger partial charge in [0.15, 0.2) is 5.92 Å². The number of carboxylic acid groups (broad SMARTS) is 2. The predicted molar refractivity (Wildman–Crippen MR) is 84.7 cm³/mol. The first kappa shape index (κ1) is 17.0. The molecule has 0 spiro atoms. The summed E-state index contributed by atoms with van der Waals surface area (Å²) in [5, 5.41) is 20.3. The van der Waals surface area contributed by atoms with Gasteiger partial charge in [-0.3, -0.25) is 14.9 Å². The van der Waals surface area contributed by atoms with Gasteiger partial charge >= 0.3 is 18.0 Å². The lowest BCUT2D eigenvalue weighted by atomic mass is 9.99. The van der Waals surface area contributed by atoms with Crippen molar-refractivity contribution in [3.8, 4) is 0 Å². The van der Waals surface area contributed by atoms with Crippen molar-refractivity contribution >= 4 is 23.7 Å². The van der Waals surface area contributed by atoms with Crippen LogP contribution in [0.5, 0.6) is 0 Å². The smallest absolute Gasteiger partial charge is 0.411 e. The summed E-state index contributed by atoms with van der Waals surface area (Å²) < 4.78 is 5.05. The maximum Gasteiger partial charge on any atom is 0.411 e. The van der Waals surface area contributed by atoms with E-state index in [1.807, 2.05) is 30.3 Å². The summed E-state index contributed by atoms with van der Waals surface area (Å²) in [6.45, 7) is 0.116. The highest BCUT2D eigenvalue weighted by atomic mass is 16.5. The van der Waals surface area contributed by atoms with Crippen LogP contribution in [0, 0.1) is 0 Å². The fourth-order valence-electron chi connectivity index (χ4n) is 2.03. The molecule has 2 aromatic rings. The average Bonchev–Trinajstić information content (AvgIpc) is 2.55. The van der Waals surface area contributed by atoms with Crippen molar-refractivity contribution in [1.29, 1.82) is 0 Å². The number of carbonyl (C=O) groups excluding carboxylic acids is 1. The van der Waals surface area contributed by atoms with Gasteiger partial charge in [0, 0.05) is 5.69 Å². The minimum atomic E-state index is -1.65. The molecule has 0 bridgehead atoms. The Kier molecular flexibility index (Phi) is 5.51. The first-order chi connectivity index (χ1) is 11.5. The monoisotopic (exact) mass is 329 g/mol. The molecule has 0 aromatic heterocycles. The molecule has 2 rings (SSSR count). The van der Waals surface area contributed by atoms with Gasteiger partial charge in [0.1, 0.15) is 6.61 Å². The highest BCUT2D eigenvalue weighted by Gasteiger charge is 2.27. The number of hydrogen-bond donors (Lipinski definition) is 3. The van der Waals surface area contributed by atoms with Gasteiger partial charge in [0.25, 0.3) is 0 Å². The van der Waals surface area contributed by atoms with E-state index in [9.17, 15) is 14.4 Å². The zero-order valence-electron chi connectivity index (χ0n) is 12.5. The molecule has 0 radical (unpaired) electrons. The lowest BCUT2D eigenvalue weighted by Crippen LogP contribution is -2.21. The largest absolute Gasteiger partial charge is 0.480 e. The third-order valence-electron chi connectivity index (χ3n) is 3.20. The number of rotatable bonds is 6. The third-order valence-corrected chi connectivity index (χ3v) is 3.20. The molecule has 0 fully saturated rings. The molecule has 3 N–H and O–H groups in total. The minimum absolute atomic E-state index is 0.109. The van der Waals surface area contributed by atoms with E-state index >= 15 is 0 Å². The molecule has 124 valence electrons. The van der Waals surface area contributed by atoms with E-state index in [0.717, 1.165) is 5.56 Å². The fourth-order valence-corrected chi connectivity index (χ4v) is 2.03. The molecule has 24 heavy (non-hydrogen) atoms. The van der Waals surface area contributed by atoms with Crippen LogP contribution in [0.2, 0.25) is 0 Å². The van der Waals surface area contributed by atoms with E-state index in [-0.39, 0.29) is 12.2 Å². The van der Waals surface area contributed by atoms with Gasteiger partial charge in [-0.2, -0.15) is 0 Å². The third kappa shape index (κ3) is 4.57. The molecular weight excluding hydrogens is 314 g/mol. The van der Waals surface area contributed by atoms with Crippen LogP contribution in [-0.4, -0.2) is 28.2 Å². The fraction of sp³-hybridized carbons (Fsp3) is 0.118. The van der Waals surface area contributed by atoms with Crippen LogP contribution in [0.15, 0.2) is 54.6 Å². The molecule has 0 saturated carbocycles. The summed E-state index contributed by atoms with van der Waals surface area (Å²) in [7, 11) is 0. The first-order valence-corrected chi connectivity index (χ1v) is 7.00. The molecule has 0 heterocycles. The Labute approximate surface area is 137 Å². The zero-order chi connectivity index (χ0) is 17.5. The number of benzene rings is 2. The molecule has 0 aliphatic heterocycles. The van der Waals surface area contributed by atoms with Gasteiger partial charge in [-0.25, -0.2) is 4.79 Å². The van der Waals surface area contributed by atoms with E-state index in [4.69, 9.17) is 14.9 Å². The number of aliphatic carboxylic acids is 2. The van der Waals surface area contributed by atoms with Crippen LogP contribution in [0.25, 0.3) is 0 Å². The average molecular weight is 329 g/mol. The second-order valence-electron chi connectivity index (χ2n) is 4.92. The Morgan fingerprint density at radius 3 is 2.04 bits per heavy atom. The van der Waals surface area contributed by atoms with Gasteiger partial charge in [0.05, 0.1) is 0 Å².